The average Bonchev–Trinajstić information content (AvgIpc) is 3.32. The molecule has 4 aromatic rings. The number of aromatic nitrogens is 1. The number of sulfonamides is 1. The van der Waals surface area contributed by atoms with Crippen LogP contribution in [-0.4, -0.2) is 47.6 Å². The summed E-state index contributed by atoms with van der Waals surface area (Å²) in [5.41, 5.74) is 3.96. The Balaban J connectivity index is 1.53. The van der Waals surface area contributed by atoms with E-state index in [1.807, 2.05) is 85.1 Å². The predicted octanol–water partition coefficient (Wildman–Crippen LogP) is 5.45. The SMILES string of the molecule is CC(C)N(CC(=O)N(CCc1c[nH]c2ccccc12)Cc1ccccc1)S(=O)(=O)/C=C/c1ccccc1. The van der Waals surface area contributed by atoms with Gasteiger partial charge in [-0.05, 0) is 49.1 Å². The minimum Gasteiger partial charge on any atom is -0.361 e. The number of hydrogen-bond donors (Lipinski definition) is 1. The molecule has 7 heteroatoms. The molecule has 0 fully saturated rings. The van der Waals surface area contributed by atoms with Gasteiger partial charge in [-0.25, -0.2) is 8.42 Å². The molecule has 0 aliphatic carbocycles. The lowest BCUT2D eigenvalue weighted by molar-refractivity contribution is -0.132. The predicted molar refractivity (Wildman–Crippen MR) is 150 cm³/mol. The van der Waals surface area contributed by atoms with Crippen LogP contribution in [0.5, 0.6) is 0 Å². The third-order valence-corrected chi connectivity index (χ3v) is 8.01. The van der Waals surface area contributed by atoms with Crippen LogP contribution in [0, 0.1) is 0 Å². The van der Waals surface area contributed by atoms with Crippen LogP contribution in [0.15, 0.2) is 96.5 Å². The third-order valence-electron chi connectivity index (χ3n) is 6.32. The molecule has 0 radical (unpaired) electrons. The summed E-state index contributed by atoms with van der Waals surface area (Å²) in [5.74, 6) is -0.228. The van der Waals surface area contributed by atoms with E-state index < -0.39 is 10.0 Å². The molecule has 6 nitrogen and oxygen atoms in total. The van der Waals surface area contributed by atoms with Gasteiger partial charge in [-0.2, -0.15) is 4.31 Å². The summed E-state index contributed by atoms with van der Waals surface area (Å²) in [6.07, 6.45) is 4.20. The van der Waals surface area contributed by atoms with Gasteiger partial charge in [0.05, 0.1) is 6.54 Å². The first kappa shape index (κ1) is 26.4. The molecule has 0 bridgehead atoms. The molecule has 0 unspecified atom stereocenters. The van der Waals surface area contributed by atoms with Gasteiger partial charge in [0.15, 0.2) is 0 Å². The van der Waals surface area contributed by atoms with E-state index >= 15 is 0 Å². The fraction of sp³-hybridized carbons (Fsp3) is 0.233. The molecule has 1 N–H and O–H groups in total. The highest BCUT2D eigenvalue weighted by Crippen LogP contribution is 2.19. The van der Waals surface area contributed by atoms with E-state index in [-0.39, 0.29) is 18.5 Å². The smallest absolute Gasteiger partial charge is 0.238 e. The lowest BCUT2D eigenvalue weighted by Gasteiger charge is -2.28. The van der Waals surface area contributed by atoms with Crippen molar-refractivity contribution in [2.24, 2.45) is 0 Å². The van der Waals surface area contributed by atoms with E-state index in [1.165, 1.54) is 9.71 Å². The first-order valence-electron chi connectivity index (χ1n) is 12.4. The Hall–Kier alpha value is -3.68. The Morgan fingerprint density at radius 1 is 0.919 bits per heavy atom. The summed E-state index contributed by atoms with van der Waals surface area (Å²) in [7, 11) is -3.81. The number of H-pyrrole nitrogens is 1. The van der Waals surface area contributed by atoms with Gasteiger partial charge >= 0.3 is 0 Å². The molecular weight excluding hydrogens is 482 g/mol. The Labute approximate surface area is 219 Å². The molecule has 4 rings (SSSR count). The summed E-state index contributed by atoms with van der Waals surface area (Å²) in [6.45, 7) is 4.23. The fourth-order valence-corrected chi connectivity index (χ4v) is 5.66. The number of carbonyl (C=O) groups is 1. The van der Waals surface area contributed by atoms with E-state index in [0.29, 0.717) is 19.5 Å². The van der Waals surface area contributed by atoms with Crippen molar-refractivity contribution in [3.8, 4) is 0 Å². The van der Waals surface area contributed by atoms with E-state index in [9.17, 15) is 13.2 Å². The minimum absolute atomic E-state index is 0.222. The number of nitrogens with one attached hydrogen (secondary N) is 1. The van der Waals surface area contributed by atoms with E-state index in [4.69, 9.17) is 0 Å². The first-order chi connectivity index (χ1) is 17.8. The molecule has 0 spiro atoms. The second-order valence-electron chi connectivity index (χ2n) is 9.31. The average molecular weight is 516 g/mol. The standard InChI is InChI=1S/C30H33N3O3S/c1-24(2)33(37(35,36)20-18-25-11-5-3-6-12-25)23-30(34)32(22-26-13-7-4-8-14-26)19-17-27-21-31-29-16-10-9-15-28(27)29/h3-16,18,20-21,24,31H,17,19,22-23H2,1-2H3/b20-18+. The molecular formula is C30H33N3O3S. The Morgan fingerprint density at radius 2 is 1.57 bits per heavy atom. The molecule has 1 heterocycles. The van der Waals surface area contributed by atoms with Gasteiger partial charge in [0, 0.05) is 41.6 Å². The number of amides is 1. The molecule has 37 heavy (non-hydrogen) atoms. The third kappa shape index (κ3) is 6.96. The van der Waals surface area contributed by atoms with Crippen molar-refractivity contribution in [3.63, 3.8) is 0 Å². The number of aromatic amines is 1. The first-order valence-corrected chi connectivity index (χ1v) is 14.0. The lowest BCUT2D eigenvalue weighted by Crippen LogP contribution is -2.45. The molecule has 0 saturated carbocycles. The van der Waals surface area contributed by atoms with Crippen LogP contribution in [0.2, 0.25) is 0 Å². The van der Waals surface area contributed by atoms with Gasteiger partial charge in [-0.1, -0.05) is 78.9 Å². The van der Waals surface area contributed by atoms with Crippen molar-refractivity contribution in [2.45, 2.75) is 32.9 Å². The number of rotatable bonds is 11. The van der Waals surface area contributed by atoms with Crippen LogP contribution in [0.25, 0.3) is 17.0 Å². The van der Waals surface area contributed by atoms with Gasteiger partial charge in [0.25, 0.3) is 0 Å². The van der Waals surface area contributed by atoms with Crippen molar-refractivity contribution < 1.29 is 13.2 Å². The molecule has 1 amide bonds. The van der Waals surface area contributed by atoms with E-state index in [2.05, 4.69) is 11.1 Å². The molecule has 1 aromatic heterocycles. The molecule has 3 aromatic carbocycles. The maximum absolute atomic E-state index is 13.6. The minimum atomic E-state index is -3.81. The number of hydrogen-bond acceptors (Lipinski definition) is 3. The number of fused-ring (bicyclic) bond motifs is 1. The zero-order valence-corrected chi connectivity index (χ0v) is 22.1. The van der Waals surface area contributed by atoms with Crippen molar-refractivity contribution in [2.75, 3.05) is 13.1 Å². The molecule has 0 aliphatic heterocycles. The highest BCUT2D eigenvalue weighted by molar-refractivity contribution is 7.92. The maximum atomic E-state index is 13.6. The monoisotopic (exact) mass is 515 g/mol. The number of nitrogens with zero attached hydrogens (tertiary/aromatic N) is 2. The van der Waals surface area contributed by atoms with Crippen molar-refractivity contribution in [3.05, 3.63) is 113 Å². The quantitative estimate of drug-likeness (QED) is 0.289. The van der Waals surface area contributed by atoms with Crippen LogP contribution >= 0.6 is 0 Å². The zero-order chi connectivity index (χ0) is 26.3. The lowest BCUT2D eigenvalue weighted by atomic mass is 10.1. The second-order valence-corrected chi connectivity index (χ2v) is 11.1. The normalized spacial score (nSPS) is 12.1. The molecule has 0 aliphatic rings. The highest BCUT2D eigenvalue weighted by Gasteiger charge is 2.27. The zero-order valence-electron chi connectivity index (χ0n) is 21.2. The maximum Gasteiger partial charge on any atom is 0.238 e. The largest absolute Gasteiger partial charge is 0.361 e. The van der Waals surface area contributed by atoms with Crippen LogP contribution in [0.4, 0.5) is 0 Å². The Kier molecular flexibility index (Phi) is 8.58. The number of para-hydroxylation sites is 1. The van der Waals surface area contributed by atoms with Gasteiger partial charge in [0.2, 0.25) is 15.9 Å². The van der Waals surface area contributed by atoms with Gasteiger partial charge in [0.1, 0.15) is 0 Å². The van der Waals surface area contributed by atoms with E-state index in [1.54, 1.807) is 24.8 Å². The van der Waals surface area contributed by atoms with Crippen LogP contribution in [0.3, 0.4) is 0 Å². The van der Waals surface area contributed by atoms with Gasteiger partial charge in [-0.15, -0.1) is 0 Å². The summed E-state index contributed by atoms with van der Waals surface area (Å²) in [5, 5.41) is 2.32. The fourth-order valence-electron chi connectivity index (χ4n) is 4.30. The highest BCUT2D eigenvalue weighted by atomic mass is 32.2. The van der Waals surface area contributed by atoms with Crippen molar-refractivity contribution in [1.29, 1.82) is 0 Å². The molecule has 0 atom stereocenters. The number of benzene rings is 3. The van der Waals surface area contributed by atoms with Gasteiger partial charge in [-0.3, -0.25) is 4.79 Å². The van der Waals surface area contributed by atoms with Crippen molar-refractivity contribution >= 4 is 32.9 Å². The van der Waals surface area contributed by atoms with Crippen LogP contribution in [-0.2, 0) is 27.8 Å². The summed E-state index contributed by atoms with van der Waals surface area (Å²) >= 11 is 0. The van der Waals surface area contributed by atoms with E-state index in [0.717, 1.165) is 27.6 Å². The Bertz CT molecular complexity index is 1450. The molecule has 192 valence electrons. The van der Waals surface area contributed by atoms with Crippen LogP contribution in [0.1, 0.15) is 30.5 Å². The molecule has 0 saturated heterocycles. The summed E-state index contributed by atoms with van der Waals surface area (Å²) in [6, 6.07) is 26.7. The van der Waals surface area contributed by atoms with Crippen molar-refractivity contribution in [1.82, 2.24) is 14.2 Å². The number of carbonyl (C=O) groups excluding carboxylic acids is 1. The van der Waals surface area contributed by atoms with Gasteiger partial charge < -0.3 is 9.88 Å². The second kappa shape index (κ2) is 12.0. The topological polar surface area (TPSA) is 73.5 Å². The summed E-state index contributed by atoms with van der Waals surface area (Å²) < 4.78 is 27.7. The van der Waals surface area contributed by atoms with Crippen LogP contribution < -0.4 is 0 Å². The summed E-state index contributed by atoms with van der Waals surface area (Å²) in [4.78, 5) is 18.6. The Morgan fingerprint density at radius 3 is 2.27 bits per heavy atom.